The van der Waals surface area contributed by atoms with Crippen molar-refractivity contribution >= 4 is 23.2 Å². The van der Waals surface area contributed by atoms with Gasteiger partial charge in [-0.15, -0.1) is 10.2 Å². The highest BCUT2D eigenvalue weighted by Crippen LogP contribution is 2.31. The second-order valence-corrected chi connectivity index (χ2v) is 7.56. The third-order valence-electron chi connectivity index (χ3n) is 4.62. The van der Waals surface area contributed by atoms with Crippen LogP contribution in [0.1, 0.15) is 15.9 Å². The van der Waals surface area contributed by atoms with Crippen molar-refractivity contribution in [2.75, 3.05) is 20.0 Å². The van der Waals surface area contributed by atoms with Gasteiger partial charge in [0.2, 0.25) is 5.16 Å². The second kappa shape index (κ2) is 8.54. The minimum absolute atomic E-state index is 0.0350. The molecule has 0 unspecified atom stereocenters. The number of aryl methyl sites for hydroxylation is 1. The Labute approximate surface area is 178 Å². The average Bonchev–Trinajstić information content (AvgIpc) is 3.19. The van der Waals surface area contributed by atoms with Crippen LogP contribution in [0.25, 0.3) is 16.9 Å². The summed E-state index contributed by atoms with van der Waals surface area (Å²) >= 11 is 1.31. The molecule has 0 saturated carbocycles. The first kappa shape index (κ1) is 19.9. The number of fused-ring (bicyclic) bond motifs is 1. The van der Waals surface area contributed by atoms with Crippen LogP contribution in [0.2, 0.25) is 0 Å². The minimum Gasteiger partial charge on any atom is -0.493 e. The predicted octanol–water partition coefficient (Wildman–Crippen LogP) is 4.09. The van der Waals surface area contributed by atoms with E-state index in [1.165, 1.54) is 11.8 Å². The predicted molar refractivity (Wildman–Crippen MR) is 116 cm³/mol. The highest BCUT2D eigenvalue weighted by Gasteiger charge is 2.14. The maximum atomic E-state index is 12.5. The van der Waals surface area contributed by atoms with Crippen LogP contribution in [0.4, 0.5) is 0 Å². The fourth-order valence-electron chi connectivity index (χ4n) is 2.96. The number of nitrogens with zero attached hydrogens (tertiary/aromatic N) is 4. The SMILES string of the molecule is COc1ccc(-c2ccc3nnc(SCC(=O)c4ccc(C)cc4)n3n2)cc1OC. The van der Waals surface area contributed by atoms with Gasteiger partial charge < -0.3 is 9.47 Å². The van der Waals surface area contributed by atoms with Crippen molar-refractivity contribution in [3.8, 4) is 22.8 Å². The lowest BCUT2D eigenvalue weighted by atomic mass is 10.1. The molecule has 8 heteroatoms. The molecule has 0 spiro atoms. The van der Waals surface area contributed by atoms with Crippen molar-refractivity contribution in [1.82, 2.24) is 19.8 Å². The third kappa shape index (κ3) is 3.99. The Morgan fingerprint density at radius 2 is 1.73 bits per heavy atom. The molecule has 2 aromatic heterocycles. The Morgan fingerprint density at radius 1 is 0.967 bits per heavy atom. The molecule has 0 amide bonds. The lowest BCUT2D eigenvalue weighted by molar-refractivity contribution is 0.102. The first-order valence-corrected chi connectivity index (χ1v) is 10.2. The number of hydrogen-bond donors (Lipinski definition) is 0. The van der Waals surface area contributed by atoms with Crippen molar-refractivity contribution in [1.29, 1.82) is 0 Å². The maximum Gasteiger partial charge on any atom is 0.212 e. The highest BCUT2D eigenvalue weighted by atomic mass is 32.2. The van der Waals surface area contributed by atoms with Crippen LogP contribution in [0.15, 0.2) is 59.8 Å². The van der Waals surface area contributed by atoms with Gasteiger partial charge in [0.05, 0.1) is 25.7 Å². The zero-order valence-corrected chi connectivity index (χ0v) is 17.6. The first-order valence-electron chi connectivity index (χ1n) is 9.26. The molecule has 0 atom stereocenters. The average molecular weight is 420 g/mol. The van der Waals surface area contributed by atoms with Crippen LogP contribution < -0.4 is 9.47 Å². The third-order valence-corrected chi connectivity index (χ3v) is 5.54. The smallest absolute Gasteiger partial charge is 0.212 e. The van der Waals surface area contributed by atoms with E-state index in [9.17, 15) is 4.79 Å². The molecule has 0 fully saturated rings. The normalized spacial score (nSPS) is 10.9. The van der Waals surface area contributed by atoms with Gasteiger partial charge in [-0.3, -0.25) is 4.79 Å². The summed E-state index contributed by atoms with van der Waals surface area (Å²) in [7, 11) is 3.19. The number of carbonyl (C=O) groups excluding carboxylic acids is 1. The number of thioether (sulfide) groups is 1. The Morgan fingerprint density at radius 3 is 2.47 bits per heavy atom. The van der Waals surface area contributed by atoms with Crippen LogP contribution in [0.3, 0.4) is 0 Å². The molecule has 2 aromatic carbocycles. The van der Waals surface area contributed by atoms with E-state index in [0.29, 0.717) is 27.9 Å². The van der Waals surface area contributed by atoms with Gasteiger partial charge >= 0.3 is 0 Å². The van der Waals surface area contributed by atoms with Crippen LogP contribution in [0, 0.1) is 6.92 Å². The summed E-state index contributed by atoms with van der Waals surface area (Å²) in [6, 6.07) is 16.9. The molecule has 30 heavy (non-hydrogen) atoms. The molecule has 0 N–H and O–H groups in total. The molecule has 0 aliphatic heterocycles. The number of aromatic nitrogens is 4. The Balaban J connectivity index is 1.59. The van der Waals surface area contributed by atoms with Gasteiger partial charge in [-0.1, -0.05) is 41.6 Å². The minimum atomic E-state index is 0.0350. The van der Waals surface area contributed by atoms with E-state index in [-0.39, 0.29) is 11.5 Å². The first-order chi connectivity index (χ1) is 14.6. The van der Waals surface area contributed by atoms with E-state index >= 15 is 0 Å². The fourth-order valence-corrected chi connectivity index (χ4v) is 3.74. The fraction of sp³-hybridized carbons (Fsp3) is 0.182. The van der Waals surface area contributed by atoms with Crippen molar-refractivity contribution in [3.05, 3.63) is 65.7 Å². The number of Topliss-reactive ketones (excluding diaryl/α,β-unsaturated/α-hetero) is 1. The number of benzene rings is 2. The highest BCUT2D eigenvalue weighted by molar-refractivity contribution is 7.99. The summed E-state index contributed by atoms with van der Waals surface area (Å²) in [5.74, 6) is 1.57. The molecule has 7 nitrogen and oxygen atoms in total. The van der Waals surface area contributed by atoms with Gasteiger partial charge in [0.15, 0.2) is 22.9 Å². The lowest BCUT2D eigenvalue weighted by Crippen LogP contribution is -2.04. The van der Waals surface area contributed by atoms with E-state index in [2.05, 4.69) is 15.3 Å². The summed E-state index contributed by atoms with van der Waals surface area (Å²) in [4.78, 5) is 12.5. The van der Waals surface area contributed by atoms with Crippen molar-refractivity contribution in [2.45, 2.75) is 12.1 Å². The number of ether oxygens (including phenoxy) is 2. The van der Waals surface area contributed by atoms with E-state index in [1.807, 2.05) is 61.5 Å². The molecule has 0 aliphatic carbocycles. The van der Waals surface area contributed by atoms with Gasteiger partial charge in [-0.05, 0) is 37.3 Å². The molecule has 4 aromatic rings. The van der Waals surface area contributed by atoms with E-state index in [0.717, 1.165) is 16.8 Å². The number of rotatable bonds is 7. The van der Waals surface area contributed by atoms with Crippen LogP contribution in [-0.4, -0.2) is 45.6 Å². The molecule has 0 aliphatic rings. The summed E-state index contributed by atoms with van der Waals surface area (Å²) in [5, 5.41) is 13.6. The molecular formula is C22H20N4O3S. The second-order valence-electron chi connectivity index (χ2n) is 6.62. The molecule has 0 saturated heterocycles. The Bertz CT molecular complexity index is 1200. The molecule has 4 rings (SSSR count). The van der Waals surface area contributed by atoms with Crippen molar-refractivity contribution < 1.29 is 14.3 Å². The zero-order valence-electron chi connectivity index (χ0n) is 16.8. The van der Waals surface area contributed by atoms with E-state index < -0.39 is 0 Å². The molecular weight excluding hydrogens is 400 g/mol. The van der Waals surface area contributed by atoms with Crippen molar-refractivity contribution in [2.24, 2.45) is 0 Å². The summed E-state index contributed by atoms with van der Waals surface area (Å²) in [5.41, 5.74) is 4.02. The number of ketones is 1. The maximum absolute atomic E-state index is 12.5. The summed E-state index contributed by atoms with van der Waals surface area (Å²) in [6.07, 6.45) is 0. The van der Waals surface area contributed by atoms with Crippen LogP contribution in [-0.2, 0) is 0 Å². The van der Waals surface area contributed by atoms with E-state index in [4.69, 9.17) is 9.47 Å². The summed E-state index contributed by atoms with van der Waals surface area (Å²) < 4.78 is 12.3. The zero-order chi connectivity index (χ0) is 21.1. The monoisotopic (exact) mass is 420 g/mol. The summed E-state index contributed by atoms with van der Waals surface area (Å²) in [6.45, 7) is 1.99. The Hall–Kier alpha value is -3.39. The van der Waals surface area contributed by atoms with Crippen LogP contribution >= 0.6 is 11.8 Å². The quantitative estimate of drug-likeness (QED) is 0.329. The number of carbonyl (C=O) groups is 1. The van der Waals surface area contributed by atoms with Gasteiger partial charge in [-0.25, -0.2) is 0 Å². The molecule has 2 heterocycles. The number of hydrogen-bond acceptors (Lipinski definition) is 7. The standard InChI is InChI=1S/C22H20N4O3S/c1-14-4-6-15(7-5-14)18(27)13-30-22-24-23-21-11-9-17(25-26(21)22)16-8-10-19(28-2)20(12-16)29-3/h4-12H,13H2,1-3H3. The molecule has 0 bridgehead atoms. The Kier molecular flexibility index (Phi) is 5.67. The largest absolute Gasteiger partial charge is 0.493 e. The molecule has 152 valence electrons. The van der Waals surface area contributed by atoms with E-state index in [1.54, 1.807) is 18.7 Å². The van der Waals surface area contributed by atoms with Gasteiger partial charge in [0.1, 0.15) is 0 Å². The lowest BCUT2D eigenvalue weighted by Gasteiger charge is -2.09. The van der Waals surface area contributed by atoms with Crippen LogP contribution in [0.5, 0.6) is 11.5 Å². The number of methoxy groups -OCH3 is 2. The van der Waals surface area contributed by atoms with Crippen molar-refractivity contribution in [3.63, 3.8) is 0 Å². The van der Waals surface area contributed by atoms with Gasteiger partial charge in [0.25, 0.3) is 0 Å². The molecule has 0 radical (unpaired) electrons. The van der Waals surface area contributed by atoms with Gasteiger partial charge in [0, 0.05) is 11.1 Å². The topological polar surface area (TPSA) is 78.6 Å². The van der Waals surface area contributed by atoms with Gasteiger partial charge in [-0.2, -0.15) is 9.61 Å².